The molecule has 0 aliphatic carbocycles. The fraction of sp³-hybridized carbons (Fsp3) is 0.450. The minimum Gasteiger partial charge on any atom is -0.508 e. The van der Waals surface area contributed by atoms with E-state index in [1.807, 2.05) is 0 Å². The number of aromatic hydroxyl groups is 1. The summed E-state index contributed by atoms with van der Waals surface area (Å²) in [5, 5.41) is 44.1. The maximum Gasteiger partial charge on any atom is 0.326 e. The zero-order valence-corrected chi connectivity index (χ0v) is 18.3. The van der Waals surface area contributed by atoms with Crippen molar-refractivity contribution in [2.24, 2.45) is 11.5 Å². The molecule has 1 aromatic carbocycles. The predicted octanol–water partition coefficient (Wildman–Crippen LogP) is -3.95. The van der Waals surface area contributed by atoms with Crippen LogP contribution in [0, 0.1) is 0 Å². The highest BCUT2D eigenvalue weighted by Gasteiger charge is 2.31. The van der Waals surface area contributed by atoms with Crippen molar-refractivity contribution in [1.82, 2.24) is 16.0 Å². The van der Waals surface area contributed by atoms with Crippen LogP contribution in [0.3, 0.4) is 0 Å². The molecule has 4 amide bonds. The highest BCUT2D eigenvalue weighted by Crippen LogP contribution is 2.11. The minimum atomic E-state index is -1.63. The van der Waals surface area contributed by atoms with Crippen LogP contribution in [0.25, 0.3) is 0 Å². The number of benzene rings is 1. The lowest BCUT2D eigenvalue weighted by molar-refractivity contribution is -0.142. The second-order valence-electron chi connectivity index (χ2n) is 7.51. The molecule has 0 saturated carbocycles. The minimum absolute atomic E-state index is 0.0327. The number of amides is 4. The number of aliphatic hydroxyl groups excluding tert-OH is 2. The number of carboxylic acids is 1. The normalized spacial score (nSPS) is 15.2. The van der Waals surface area contributed by atoms with E-state index < -0.39 is 72.9 Å². The first-order valence-electron chi connectivity index (χ1n) is 10.1. The Labute approximate surface area is 194 Å². The van der Waals surface area contributed by atoms with Crippen molar-refractivity contribution in [2.45, 2.75) is 50.0 Å². The smallest absolute Gasteiger partial charge is 0.326 e. The molecular formula is C20H29N5O9. The number of carbonyl (C=O) groups excluding carboxylic acids is 4. The van der Waals surface area contributed by atoms with Crippen LogP contribution in [0.2, 0.25) is 0 Å². The van der Waals surface area contributed by atoms with E-state index >= 15 is 0 Å². The van der Waals surface area contributed by atoms with Crippen LogP contribution in [0.15, 0.2) is 24.3 Å². The Morgan fingerprint density at radius 3 is 1.88 bits per heavy atom. The van der Waals surface area contributed by atoms with E-state index in [4.69, 9.17) is 11.5 Å². The largest absolute Gasteiger partial charge is 0.508 e. The van der Waals surface area contributed by atoms with Crippen LogP contribution in [0.5, 0.6) is 5.75 Å². The Hall–Kier alpha value is -3.75. The standard InChI is InChI=1S/C20H29N5O9/c1-9(27)16(22)19(32)23-12(7-15(21)29)17(30)25-14(8-26)18(31)24-13(20(33)34)6-10-2-4-11(28)5-3-10/h2-5,9,12-14,16,26-28H,6-8,22H2,1H3,(H2,21,29)(H,23,32)(H,24,31)(H,25,30)(H,33,34)/t9-,12+,13+,14+,16+/m1/s1. The predicted molar refractivity (Wildman–Crippen MR) is 116 cm³/mol. The number of hydrogen-bond acceptors (Lipinski definition) is 9. The second kappa shape index (κ2) is 13.1. The number of carbonyl (C=O) groups is 5. The van der Waals surface area contributed by atoms with E-state index in [2.05, 4.69) is 16.0 Å². The first kappa shape index (κ1) is 28.3. The first-order valence-corrected chi connectivity index (χ1v) is 10.1. The zero-order chi connectivity index (χ0) is 26.0. The third kappa shape index (κ3) is 9.01. The van der Waals surface area contributed by atoms with Crippen LogP contribution in [0.1, 0.15) is 18.9 Å². The van der Waals surface area contributed by atoms with Gasteiger partial charge >= 0.3 is 5.97 Å². The van der Waals surface area contributed by atoms with E-state index in [9.17, 15) is 44.4 Å². The van der Waals surface area contributed by atoms with Gasteiger partial charge in [-0.3, -0.25) is 19.2 Å². The molecule has 14 heteroatoms. The van der Waals surface area contributed by atoms with Crippen molar-refractivity contribution in [2.75, 3.05) is 6.61 Å². The maximum atomic E-state index is 12.6. The van der Waals surface area contributed by atoms with Crippen LogP contribution in [-0.4, -0.2) is 86.9 Å². The van der Waals surface area contributed by atoms with Gasteiger partial charge in [0.25, 0.3) is 0 Å². The molecule has 0 heterocycles. The van der Waals surface area contributed by atoms with Crippen molar-refractivity contribution in [1.29, 1.82) is 0 Å². The summed E-state index contributed by atoms with van der Waals surface area (Å²) in [5.74, 6) is -5.50. The Morgan fingerprint density at radius 1 is 0.912 bits per heavy atom. The summed E-state index contributed by atoms with van der Waals surface area (Å²) < 4.78 is 0. The number of nitrogens with one attached hydrogen (secondary N) is 3. The van der Waals surface area contributed by atoms with Crippen molar-refractivity contribution in [3.8, 4) is 5.75 Å². The van der Waals surface area contributed by atoms with E-state index in [-0.39, 0.29) is 12.2 Å². The molecule has 0 aliphatic rings. The average molecular weight is 483 g/mol. The van der Waals surface area contributed by atoms with Gasteiger partial charge in [0, 0.05) is 6.42 Å². The van der Waals surface area contributed by atoms with Crippen LogP contribution >= 0.6 is 0 Å². The van der Waals surface area contributed by atoms with Crippen molar-refractivity contribution in [3.05, 3.63) is 29.8 Å². The quantitative estimate of drug-likeness (QED) is 0.131. The highest BCUT2D eigenvalue weighted by molar-refractivity contribution is 5.96. The van der Waals surface area contributed by atoms with E-state index in [0.717, 1.165) is 0 Å². The number of aliphatic carboxylic acids is 1. The molecule has 0 bridgehead atoms. The Bertz CT molecular complexity index is 891. The average Bonchev–Trinajstić information content (AvgIpc) is 2.76. The van der Waals surface area contributed by atoms with E-state index in [0.29, 0.717) is 5.56 Å². The monoisotopic (exact) mass is 483 g/mol. The van der Waals surface area contributed by atoms with Gasteiger partial charge in [-0.15, -0.1) is 0 Å². The number of aliphatic hydroxyl groups is 2. The highest BCUT2D eigenvalue weighted by atomic mass is 16.4. The summed E-state index contributed by atoms with van der Waals surface area (Å²) in [6, 6.07) is -0.483. The molecule has 0 radical (unpaired) electrons. The number of hydrogen-bond donors (Lipinski definition) is 9. The van der Waals surface area contributed by atoms with Gasteiger partial charge in [-0.05, 0) is 24.6 Å². The van der Waals surface area contributed by atoms with Gasteiger partial charge in [0.05, 0.1) is 19.1 Å². The summed E-state index contributed by atoms with van der Waals surface area (Å²) in [7, 11) is 0. The Balaban J connectivity index is 2.90. The Morgan fingerprint density at radius 2 is 1.41 bits per heavy atom. The fourth-order valence-electron chi connectivity index (χ4n) is 2.70. The van der Waals surface area contributed by atoms with Gasteiger partial charge < -0.3 is 47.8 Å². The topological polar surface area (TPSA) is 254 Å². The molecule has 0 aromatic heterocycles. The van der Waals surface area contributed by atoms with Gasteiger partial charge in [0.15, 0.2) is 0 Å². The first-order chi connectivity index (χ1) is 15.8. The van der Waals surface area contributed by atoms with Gasteiger partial charge in [-0.2, -0.15) is 0 Å². The maximum absolute atomic E-state index is 12.6. The van der Waals surface area contributed by atoms with Crippen LogP contribution in [-0.2, 0) is 30.4 Å². The molecule has 0 fully saturated rings. The van der Waals surface area contributed by atoms with Crippen LogP contribution < -0.4 is 27.4 Å². The molecule has 14 nitrogen and oxygen atoms in total. The third-order valence-corrected chi connectivity index (χ3v) is 4.67. The molecule has 1 rings (SSSR count). The molecule has 0 saturated heterocycles. The Kier molecular flexibility index (Phi) is 10.9. The lowest BCUT2D eigenvalue weighted by Crippen LogP contribution is -2.59. The van der Waals surface area contributed by atoms with Crippen LogP contribution in [0.4, 0.5) is 0 Å². The number of nitrogens with two attached hydrogens (primary N) is 2. The van der Waals surface area contributed by atoms with Gasteiger partial charge in [-0.25, -0.2) is 4.79 Å². The van der Waals surface area contributed by atoms with E-state index in [1.165, 1.54) is 31.2 Å². The number of phenolic OH excluding ortho intramolecular Hbond substituents is 1. The molecule has 1 aromatic rings. The summed E-state index contributed by atoms with van der Waals surface area (Å²) in [6.45, 7) is 0.296. The lowest BCUT2D eigenvalue weighted by atomic mass is 10.1. The molecule has 0 spiro atoms. The molecule has 34 heavy (non-hydrogen) atoms. The van der Waals surface area contributed by atoms with Crippen molar-refractivity contribution < 1.29 is 44.4 Å². The third-order valence-electron chi connectivity index (χ3n) is 4.67. The second-order valence-corrected chi connectivity index (χ2v) is 7.51. The van der Waals surface area contributed by atoms with Crippen molar-refractivity contribution in [3.63, 3.8) is 0 Å². The lowest BCUT2D eigenvalue weighted by Gasteiger charge is -2.24. The van der Waals surface area contributed by atoms with Gasteiger partial charge in [-0.1, -0.05) is 12.1 Å². The summed E-state index contributed by atoms with van der Waals surface area (Å²) in [5.41, 5.74) is 11.1. The molecule has 5 atom stereocenters. The summed E-state index contributed by atoms with van der Waals surface area (Å²) >= 11 is 0. The number of rotatable bonds is 13. The number of carboxylic acid groups (broad SMARTS) is 1. The summed E-state index contributed by atoms with van der Waals surface area (Å²) in [4.78, 5) is 60.0. The SMILES string of the molecule is C[C@@H](O)[C@H](N)C(=O)N[C@@H](CC(N)=O)C(=O)N[C@@H](CO)C(=O)N[C@@H](Cc1ccc(O)cc1)C(=O)O. The molecule has 11 N–H and O–H groups in total. The van der Waals surface area contributed by atoms with Gasteiger partial charge in [0.1, 0.15) is 29.9 Å². The van der Waals surface area contributed by atoms with Crippen molar-refractivity contribution >= 4 is 29.6 Å². The van der Waals surface area contributed by atoms with E-state index in [1.54, 1.807) is 0 Å². The zero-order valence-electron chi connectivity index (χ0n) is 18.3. The molecule has 0 aliphatic heterocycles. The number of phenols is 1. The fourth-order valence-corrected chi connectivity index (χ4v) is 2.70. The molecule has 188 valence electrons. The summed E-state index contributed by atoms with van der Waals surface area (Å²) in [6.07, 6.45) is -2.11. The molecule has 0 unspecified atom stereocenters. The van der Waals surface area contributed by atoms with Gasteiger partial charge in [0.2, 0.25) is 23.6 Å². The number of primary amides is 1. The molecular weight excluding hydrogens is 454 g/mol.